The van der Waals surface area contributed by atoms with Crippen molar-refractivity contribution < 1.29 is 9.53 Å². The molecule has 2 nitrogen and oxygen atoms in total. The Balaban J connectivity index is 1.20. The SMILES string of the molecule is CC1CC2C3CC(CC3C(=O)OCC3CC4CCC3C4)C2C1C. The summed E-state index contributed by atoms with van der Waals surface area (Å²) in [6, 6.07) is 0. The highest BCUT2D eigenvalue weighted by Crippen LogP contribution is 2.64. The molecule has 0 heterocycles. The summed E-state index contributed by atoms with van der Waals surface area (Å²) in [5, 5.41) is 0. The number of carbonyl (C=O) groups is 1. The predicted octanol–water partition coefficient (Wildman–Crippen LogP) is 4.53. The van der Waals surface area contributed by atoms with Crippen molar-refractivity contribution in [3.05, 3.63) is 0 Å². The van der Waals surface area contributed by atoms with Crippen molar-refractivity contribution in [2.24, 2.45) is 59.2 Å². The van der Waals surface area contributed by atoms with Gasteiger partial charge in [0, 0.05) is 0 Å². The molecule has 5 aliphatic carbocycles. The maximum absolute atomic E-state index is 12.7. The number of hydrogen-bond acceptors (Lipinski definition) is 2. The van der Waals surface area contributed by atoms with Gasteiger partial charge in [-0.05, 0) is 91.8 Å². The van der Waals surface area contributed by atoms with Crippen LogP contribution >= 0.6 is 0 Å². The van der Waals surface area contributed by atoms with E-state index in [9.17, 15) is 4.79 Å². The van der Waals surface area contributed by atoms with Crippen molar-refractivity contribution in [3.8, 4) is 0 Å². The summed E-state index contributed by atoms with van der Waals surface area (Å²) in [6.45, 7) is 5.61. The highest BCUT2D eigenvalue weighted by atomic mass is 16.5. The lowest BCUT2D eigenvalue weighted by Gasteiger charge is -2.32. The fourth-order valence-electron chi connectivity index (χ4n) is 7.86. The number of hydrogen-bond donors (Lipinski definition) is 0. The largest absolute Gasteiger partial charge is 0.465 e. The number of carbonyl (C=O) groups excluding carboxylic acids is 1. The summed E-state index contributed by atoms with van der Waals surface area (Å²) in [5.74, 6) is 7.90. The number of ether oxygens (including phenoxy) is 1. The molecule has 0 aromatic rings. The minimum absolute atomic E-state index is 0.172. The number of fused-ring (bicyclic) bond motifs is 7. The Morgan fingerprint density at radius 3 is 2.57 bits per heavy atom. The van der Waals surface area contributed by atoms with Crippen molar-refractivity contribution in [2.45, 2.75) is 58.8 Å². The van der Waals surface area contributed by atoms with Gasteiger partial charge in [-0.25, -0.2) is 0 Å². The first-order chi connectivity index (χ1) is 11.1. The highest BCUT2D eigenvalue weighted by Gasteiger charge is 2.59. The standard InChI is InChI=1S/C21H32O2/c1-11-5-18-17-8-15(20(18)12(11)2)9-19(17)21(22)23-10-16-7-13-3-4-14(16)6-13/h11-20H,3-10H2,1-2H3. The van der Waals surface area contributed by atoms with E-state index < -0.39 is 0 Å². The van der Waals surface area contributed by atoms with Crippen LogP contribution in [0.1, 0.15) is 58.8 Å². The van der Waals surface area contributed by atoms with Crippen LogP contribution in [0.2, 0.25) is 0 Å². The molecule has 0 aromatic heterocycles. The summed E-state index contributed by atoms with van der Waals surface area (Å²) >= 11 is 0. The molecule has 0 saturated heterocycles. The first-order valence-corrected chi connectivity index (χ1v) is 10.3. The monoisotopic (exact) mass is 316 g/mol. The van der Waals surface area contributed by atoms with Crippen LogP contribution in [0.25, 0.3) is 0 Å². The second-order valence-corrected chi connectivity index (χ2v) is 9.88. The lowest BCUT2D eigenvalue weighted by atomic mass is 9.73. The van der Waals surface area contributed by atoms with E-state index in [1.54, 1.807) is 0 Å². The molecule has 23 heavy (non-hydrogen) atoms. The zero-order chi connectivity index (χ0) is 15.7. The molecule has 0 aromatic carbocycles. The molecule has 10 atom stereocenters. The topological polar surface area (TPSA) is 26.3 Å². The summed E-state index contributed by atoms with van der Waals surface area (Å²) in [5.41, 5.74) is 0. The van der Waals surface area contributed by atoms with Gasteiger partial charge in [-0.15, -0.1) is 0 Å². The van der Waals surface area contributed by atoms with Gasteiger partial charge >= 0.3 is 5.97 Å². The first kappa shape index (κ1) is 14.8. The number of rotatable bonds is 3. The summed E-state index contributed by atoms with van der Waals surface area (Å²) in [4.78, 5) is 12.7. The third-order valence-electron chi connectivity index (χ3n) is 9.01. The predicted molar refractivity (Wildman–Crippen MR) is 89.5 cm³/mol. The maximum Gasteiger partial charge on any atom is 0.309 e. The van der Waals surface area contributed by atoms with E-state index in [-0.39, 0.29) is 11.9 Å². The van der Waals surface area contributed by atoms with E-state index in [1.807, 2.05) is 0 Å². The van der Waals surface area contributed by atoms with Crippen molar-refractivity contribution >= 4 is 5.97 Å². The second-order valence-electron chi connectivity index (χ2n) is 9.88. The van der Waals surface area contributed by atoms with Crippen molar-refractivity contribution in [2.75, 3.05) is 6.61 Å². The Labute approximate surface area is 140 Å². The van der Waals surface area contributed by atoms with Gasteiger partial charge in [0.15, 0.2) is 0 Å². The minimum atomic E-state index is 0.172. The van der Waals surface area contributed by atoms with E-state index in [0.717, 1.165) is 54.5 Å². The average molecular weight is 316 g/mol. The Morgan fingerprint density at radius 1 is 0.957 bits per heavy atom. The average Bonchev–Trinajstić information content (AvgIpc) is 3.31. The van der Waals surface area contributed by atoms with E-state index in [4.69, 9.17) is 4.74 Å². The van der Waals surface area contributed by atoms with Crippen LogP contribution in [0.4, 0.5) is 0 Å². The molecular formula is C21H32O2. The van der Waals surface area contributed by atoms with E-state index in [2.05, 4.69) is 13.8 Å². The normalized spacial score (nSPS) is 56.3. The fraction of sp³-hybridized carbons (Fsp3) is 0.952. The van der Waals surface area contributed by atoms with E-state index in [0.29, 0.717) is 11.8 Å². The molecule has 128 valence electrons. The van der Waals surface area contributed by atoms with Crippen LogP contribution in [0.3, 0.4) is 0 Å². The van der Waals surface area contributed by atoms with Crippen molar-refractivity contribution in [3.63, 3.8) is 0 Å². The van der Waals surface area contributed by atoms with Gasteiger partial charge < -0.3 is 4.74 Å². The molecule has 10 unspecified atom stereocenters. The Hall–Kier alpha value is -0.530. The van der Waals surface area contributed by atoms with Crippen LogP contribution in [0, 0.1) is 59.2 Å². The quantitative estimate of drug-likeness (QED) is 0.715. The molecule has 5 rings (SSSR count). The van der Waals surface area contributed by atoms with Crippen LogP contribution in [-0.4, -0.2) is 12.6 Å². The van der Waals surface area contributed by atoms with E-state index in [1.165, 1.54) is 38.5 Å². The smallest absolute Gasteiger partial charge is 0.309 e. The minimum Gasteiger partial charge on any atom is -0.465 e. The van der Waals surface area contributed by atoms with Gasteiger partial charge in [-0.3, -0.25) is 4.79 Å². The Bertz CT molecular complexity index is 500. The molecular weight excluding hydrogens is 284 g/mol. The van der Waals surface area contributed by atoms with Gasteiger partial charge in [-0.1, -0.05) is 20.3 Å². The summed E-state index contributed by atoms with van der Waals surface area (Å²) in [7, 11) is 0. The molecule has 5 aliphatic rings. The summed E-state index contributed by atoms with van der Waals surface area (Å²) in [6.07, 6.45) is 9.38. The van der Waals surface area contributed by atoms with Gasteiger partial charge in [0.2, 0.25) is 0 Å². The third-order valence-corrected chi connectivity index (χ3v) is 9.01. The lowest BCUT2D eigenvalue weighted by Crippen LogP contribution is -2.33. The maximum atomic E-state index is 12.7. The van der Waals surface area contributed by atoms with Crippen LogP contribution < -0.4 is 0 Å². The Kier molecular flexibility index (Phi) is 3.36. The van der Waals surface area contributed by atoms with Crippen molar-refractivity contribution in [1.29, 1.82) is 0 Å². The zero-order valence-electron chi connectivity index (χ0n) is 14.7. The highest BCUT2D eigenvalue weighted by molar-refractivity contribution is 5.73. The molecule has 0 spiro atoms. The third kappa shape index (κ3) is 2.15. The first-order valence-electron chi connectivity index (χ1n) is 10.3. The molecule has 2 heteroatoms. The molecule has 0 N–H and O–H groups in total. The van der Waals surface area contributed by atoms with Gasteiger partial charge in [0.25, 0.3) is 0 Å². The molecule has 4 bridgehead atoms. The number of esters is 1. The molecule has 0 amide bonds. The lowest BCUT2D eigenvalue weighted by molar-refractivity contribution is -0.153. The van der Waals surface area contributed by atoms with Crippen LogP contribution in [0.5, 0.6) is 0 Å². The second kappa shape index (κ2) is 5.23. The molecule has 0 aliphatic heterocycles. The fourth-order valence-corrected chi connectivity index (χ4v) is 7.86. The zero-order valence-corrected chi connectivity index (χ0v) is 14.7. The van der Waals surface area contributed by atoms with Crippen LogP contribution in [-0.2, 0) is 9.53 Å². The van der Waals surface area contributed by atoms with Gasteiger partial charge in [-0.2, -0.15) is 0 Å². The molecule has 0 radical (unpaired) electrons. The van der Waals surface area contributed by atoms with Crippen molar-refractivity contribution in [1.82, 2.24) is 0 Å². The van der Waals surface area contributed by atoms with Gasteiger partial charge in [0.05, 0.1) is 12.5 Å². The molecule has 5 saturated carbocycles. The van der Waals surface area contributed by atoms with Crippen LogP contribution in [0.15, 0.2) is 0 Å². The Morgan fingerprint density at radius 2 is 1.83 bits per heavy atom. The summed E-state index contributed by atoms with van der Waals surface area (Å²) < 4.78 is 5.88. The van der Waals surface area contributed by atoms with E-state index >= 15 is 0 Å². The molecule has 5 fully saturated rings. The van der Waals surface area contributed by atoms with Gasteiger partial charge in [0.1, 0.15) is 0 Å².